The summed E-state index contributed by atoms with van der Waals surface area (Å²) >= 11 is 0. The molecule has 1 aliphatic heterocycles. The number of anilines is 1. The first-order chi connectivity index (χ1) is 8.56. The van der Waals surface area contributed by atoms with E-state index in [1.807, 2.05) is 0 Å². The van der Waals surface area contributed by atoms with E-state index in [1.54, 1.807) is 24.3 Å². The summed E-state index contributed by atoms with van der Waals surface area (Å²) in [6.45, 7) is 0. The largest absolute Gasteiger partial charge is 0.399 e. The highest BCUT2D eigenvalue weighted by atomic mass is 16.7. The van der Waals surface area contributed by atoms with Crippen molar-refractivity contribution in [1.29, 1.82) is 0 Å². The van der Waals surface area contributed by atoms with Crippen molar-refractivity contribution in [3.63, 3.8) is 0 Å². The van der Waals surface area contributed by atoms with Gasteiger partial charge >= 0.3 is 5.97 Å². The molecule has 0 bridgehead atoms. The molecule has 6 nitrogen and oxygen atoms in total. The highest BCUT2D eigenvalue weighted by Gasteiger charge is 2.32. The lowest BCUT2D eigenvalue weighted by Crippen LogP contribution is -2.32. The zero-order chi connectivity index (χ0) is 13.1. The molecular weight excluding hydrogens is 236 g/mol. The highest BCUT2D eigenvalue weighted by Crippen LogP contribution is 2.13. The van der Waals surface area contributed by atoms with Crippen LogP contribution in [0.5, 0.6) is 0 Å². The van der Waals surface area contributed by atoms with Crippen molar-refractivity contribution >= 4 is 23.5 Å². The molecule has 0 atom stereocenters. The molecule has 0 saturated carbocycles. The quantitative estimate of drug-likeness (QED) is 0.618. The van der Waals surface area contributed by atoms with Crippen LogP contribution in [0.25, 0.3) is 0 Å². The summed E-state index contributed by atoms with van der Waals surface area (Å²) in [6, 6.07) is 6.69. The molecule has 1 aromatic carbocycles. The zero-order valence-electron chi connectivity index (χ0n) is 9.59. The number of nitrogen functional groups attached to an aromatic ring is 1. The average molecular weight is 248 g/mol. The fourth-order valence-corrected chi connectivity index (χ4v) is 1.59. The van der Waals surface area contributed by atoms with Gasteiger partial charge in [0.25, 0.3) is 11.8 Å². The van der Waals surface area contributed by atoms with Gasteiger partial charge in [-0.05, 0) is 17.7 Å². The monoisotopic (exact) mass is 248 g/mol. The Labute approximate surface area is 103 Å². The SMILES string of the molecule is Nc1ccc(CC(=O)ON2C(=O)CCC2=O)cc1. The molecule has 2 rings (SSSR count). The number of carbonyl (C=O) groups is 3. The minimum atomic E-state index is -0.650. The summed E-state index contributed by atoms with van der Waals surface area (Å²) in [5.41, 5.74) is 6.81. The Balaban J connectivity index is 1.94. The van der Waals surface area contributed by atoms with E-state index in [1.165, 1.54) is 0 Å². The predicted octanol–water partition coefficient (Wildman–Crippen LogP) is 0.418. The van der Waals surface area contributed by atoms with E-state index in [0.29, 0.717) is 16.3 Å². The second-order valence-corrected chi connectivity index (χ2v) is 3.96. The van der Waals surface area contributed by atoms with Crippen LogP contribution in [-0.2, 0) is 25.6 Å². The van der Waals surface area contributed by atoms with Gasteiger partial charge in [0, 0.05) is 18.5 Å². The molecule has 0 spiro atoms. The normalized spacial score (nSPS) is 15.0. The van der Waals surface area contributed by atoms with Crippen molar-refractivity contribution in [1.82, 2.24) is 5.06 Å². The maximum atomic E-state index is 11.5. The Morgan fingerprint density at radius 2 is 1.72 bits per heavy atom. The third-order valence-corrected chi connectivity index (χ3v) is 2.53. The third kappa shape index (κ3) is 2.65. The summed E-state index contributed by atoms with van der Waals surface area (Å²) in [5, 5.41) is 0.541. The molecule has 2 N–H and O–H groups in total. The maximum absolute atomic E-state index is 11.5. The van der Waals surface area contributed by atoms with Crippen molar-refractivity contribution in [3.8, 4) is 0 Å². The fraction of sp³-hybridized carbons (Fsp3) is 0.250. The van der Waals surface area contributed by atoms with Crippen molar-refractivity contribution < 1.29 is 19.2 Å². The van der Waals surface area contributed by atoms with Gasteiger partial charge in [0.2, 0.25) is 0 Å². The second-order valence-electron chi connectivity index (χ2n) is 3.96. The van der Waals surface area contributed by atoms with Crippen molar-refractivity contribution in [2.24, 2.45) is 0 Å². The minimum absolute atomic E-state index is 0.0165. The number of hydrogen-bond acceptors (Lipinski definition) is 5. The van der Waals surface area contributed by atoms with Gasteiger partial charge in [-0.3, -0.25) is 9.59 Å². The van der Waals surface area contributed by atoms with Gasteiger partial charge in [-0.25, -0.2) is 4.79 Å². The maximum Gasteiger partial charge on any atom is 0.337 e. The van der Waals surface area contributed by atoms with Crippen LogP contribution in [0.15, 0.2) is 24.3 Å². The summed E-state index contributed by atoms with van der Waals surface area (Å²) in [5.74, 6) is -1.61. The average Bonchev–Trinajstić information content (AvgIpc) is 2.64. The lowest BCUT2D eigenvalue weighted by Gasteiger charge is -2.12. The van der Waals surface area contributed by atoms with Gasteiger partial charge in [-0.1, -0.05) is 12.1 Å². The summed E-state index contributed by atoms with van der Waals surface area (Å²) < 4.78 is 0. The van der Waals surface area contributed by atoms with E-state index in [-0.39, 0.29) is 19.3 Å². The van der Waals surface area contributed by atoms with Crippen LogP contribution in [0, 0.1) is 0 Å². The van der Waals surface area contributed by atoms with E-state index >= 15 is 0 Å². The van der Waals surface area contributed by atoms with E-state index in [4.69, 9.17) is 10.6 Å². The molecule has 18 heavy (non-hydrogen) atoms. The number of hydroxylamine groups is 2. The first-order valence-electron chi connectivity index (χ1n) is 5.47. The molecule has 0 aromatic heterocycles. The molecule has 6 heteroatoms. The van der Waals surface area contributed by atoms with E-state index in [9.17, 15) is 14.4 Å². The minimum Gasteiger partial charge on any atom is -0.399 e. The van der Waals surface area contributed by atoms with Crippen LogP contribution >= 0.6 is 0 Å². The van der Waals surface area contributed by atoms with Crippen molar-refractivity contribution in [2.75, 3.05) is 5.73 Å². The number of nitrogens with two attached hydrogens (primary N) is 1. The van der Waals surface area contributed by atoms with Gasteiger partial charge < -0.3 is 10.6 Å². The first-order valence-corrected chi connectivity index (χ1v) is 5.47. The Kier molecular flexibility index (Phi) is 3.27. The van der Waals surface area contributed by atoms with Crippen LogP contribution < -0.4 is 5.73 Å². The molecule has 2 amide bonds. The molecule has 0 radical (unpaired) electrons. The summed E-state index contributed by atoms with van der Waals surface area (Å²) in [7, 11) is 0. The molecule has 1 aromatic rings. The van der Waals surface area contributed by atoms with Crippen molar-refractivity contribution in [3.05, 3.63) is 29.8 Å². The topological polar surface area (TPSA) is 89.7 Å². The number of imide groups is 1. The Morgan fingerprint density at radius 1 is 1.17 bits per heavy atom. The van der Waals surface area contributed by atoms with Gasteiger partial charge in [-0.15, -0.1) is 5.06 Å². The number of amides is 2. The Hall–Kier alpha value is -2.37. The number of rotatable bonds is 3. The molecule has 1 heterocycles. The smallest absolute Gasteiger partial charge is 0.337 e. The molecule has 1 aliphatic rings. The molecular formula is C12H12N2O4. The van der Waals surface area contributed by atoms with Crippen molar-refractivity contribution in [2.45, 2.75) is 19.3 Å². The number of nitrogens with zero attached hydrogens (tertiary/aromatic N) is 1. The molecule has 1 saturated heterocycles. The van der Waals surface area contributed by atoms with Crippen LogP contribution in [0.1, 0.15) is 18.4 Å². The van der Waals surface area contributed by atoms with E-state index in [2.05, 4.69) is 0 Å². The number of hydrogen-bond donors (Lipinski definition) is 1. The zero-order valence-corrected chi connectivity index (χ0v) is 9.59. The highest BCUT2D eigenvalue weighted by molar-refractivity contribution is 6.01. The lowest BCUT2D eigenvalue weighted by atomic mass is 10.1. The molecule has 0 aliphatic carbocycles. The van der Waals surface area contributed by atoms with Gasteiger partial charge in [0.15, 0.2) is 0 Å². The Bertz CT molecular complexity index is 479. The van der Waals surface area contributed by atoms with Crippen LogP contribution in [0.2, 0.25) is 0 Å². The van der Waals surface area contributed by atoms with Gasteiger partial charge in [-0.2, -0.15) is 0 Å². The standard InChI is InChI=1S/C12H12N2O4/c13-9-3-1-8(2-4-9)7-12(17)18-14-10(15)5-6-11(14)16/h1-4H,5-7,13H2. The second kappa shape index (κ2) is 4.87. The van der Waals surface area contributed by atoms with Crippen LogP contribution in [-0.4, -0.2) is 22.8 Å². The van der Waals surface area contributed by atoms with Crippen LogP contribution in [0.4, 0.5) is 5.69 Å². The number of benzene rings is 1. The summed E-state index contributed by atoms with van der Waals surface area (Å²) in [6.07, 6.45) is 0.166. The predicted molar refractivity (Wildman–Crippen MR) is 61.7 cm³/mol. The lowest BCUT2D eigenvalue weighted by molar-refractivity contribution is -0.197. The van der Waals surface area contributed by atoms with E-state index in [0.717, 1.165) is 0 Å². The number of carbonyl (C=O) groups excluding carboxylic acids is 3. The van der Waals surface area contributed by atoms with Gasteiger partial charge in [0.1, 0.15) is 0 Å². The molecule has 0 unspecified atom stereocenters. The Morgan fingerprint density at radius 3 is 2.28 bits per heavy atom. The van der Waals surface area contributed by atoms with E-state index < -0.39 is 17.8 Å². The fourth-order valence-electron chi connectivity index (χ4n) is 1.59. The van der Waals surface area contributed by atoms with Gasteiger partial charge in [0.05, 0.1) is 6.42 Å². The first kappa shape index (κ1) is 12.1. The summed E-state index contributed by atoms with van der Waals surface area (Å²) in [4.78, 5) is 38.7. The molecule has 1 fully saturated rings. The third-order valence-electron chi connectivity index (χ3n) is 2.53. The molecule has 94 valence electrons. The van der Waals surface area contributed by atoms with Crippen LogP contribution in [0.3, 0.4) is 0 Å².